The van der Waals surface area contributed by atoms with Gasteiger partial charge in [-0.1, -0.05) is 31.5 Å². The van der Waals surface area contributed by atoms with Gasteiger partial charge in [-0.2, -0.15) is 0 Å². The Kier molecular flexibility index (Phi) is 11.2. The molecule has 0 heterocycles. The standard InChI is InChI=1S/C30H35F2N3O5S/c1-4-6-19-33-30(37)22(3)34(20-23-9-7-8-10-28(23)32)29(36)21-35(25-13-15-26(16-14-25)40-5-2)41(38,39)27-17-11-24(31)12-18-27/h7-18,22H,4-6,19-21H2,1-3H3,(H,33,37)/t22-/m0/s1. The molecule has 0 bridgehead atoms. The molecule has 0 spiro atoms. The van der Waals surface area contributed by atoms with Crippen LogP contribution in [0.25, 0.3) is 0 Å². The van der Waals surface area contributed by atoms with Crippen LogP contribution in [0.2, 0.25) is 0 Å². The van der Waals surface area contributed by atoms with Crippen LogP contribution >= 0.6 is 0 Å². The van der Waals surface area contributed by atoms with Crippen molar-refractivity contribution in [1.82, 2.24) is 10.2 Å². The van der Waals surface area contributed by atoms with E-state index in [-0.39, 0.29) is 22.7 Å². The molecule has 0 aliphatic carbocycles. The van der Waals surface area contributed by atoms with Crippen molar-refractivity contribution in [2.75, 3.05) is 24.0 Å². The molecular weight excluding hydrogens is 552 g/mol. The van der Waals surface area contributed by atoms with Gasteiger partial charge in [0.25, 0.3) is 10.0 Å². The van der Waals surface area contributed by atoms with Crippen LogP contribution in [0.5, 0.6) is 5.75 Å². The molecule has 0 aromatic heterocycles. The van der Waals surface area contributed by atoms with Gasteiger partial charge in [-0.3, -0.25) is 13.9 Å². The second kappa shape index (κ2) is 14.6. The number of nitrogens with one attached hydrogen (secondary N) is 1. The maximum absolute atomic E-state index is 14.6. The van der Waals surface area contributed by atoms with Gasteiger partial charge < -0.3 is 15.0 Å². The van der Waals surface area contributed by atoms with E-state index in [0.717, 1.165) is 46.3 Å². The summed E-state index contributed by atoms with van der Waals surface area (Å²) in [6.07, 6.45) is 1.59. The number of rotatable bonds is 14. The molecular formula is C30H35F2N3O5S. The number of hydrogen-bond donors (Lipinski definition) is 1. The summed E-state index contributed by atoms with van der Waals surface area (Å²) in [5.74, 6) is -1.86. The molecule has 0 saturated carbocycles. The van der Waals surface area contributed by atoms with Crippen LogP contribution < -0.4 is 14.4 Å². The second-order valence-corrected chi connectivity index (χ2v) is 11.2. The molecule has 0 saturated heterocycles. The van der Waals surface area contributed by atoms with Crippen molar-refractivity contribution in [3.63, 3.8) is 0 Å². The molecule has 3 aromatic carbocycles. The van der Waals surface area contributed by atoms with Crippen LogP contribution in [0.15, 0.2) is 77.7 Å². The number of anilines is 1. The molecule has 41 heavy (non-hydrogen) atoms. The predicted octanol–water partition coefficient (Wildman–Crippen LogP) is 4.89. The van der Waals surface area contributed by atoms with Gasteiger partial charge in [0, 0.05) is 18.7 Å². The highest BCUT2D eigenvalue weighted by atomic mass is 32.2. The lowest BCUT2D eigenvalue weighted by Crippen LogP contribution is -2.51. The Morgan fingerprint density at radius 3 is 2.22 bits per heavy atom. The normalized spacial score (nSPS) is 11.9. The van der Waals surface area contributed by atoms with Crippen molar-refractivity contribution < 1.29 is 31.5 Å². The lowest BCUT2D eigenvalue weighted by molar-refractivity contribution is -0.139. The summed E-state index contributed by atoms with van der Waals surface area (Å²) in [5, 5.41) is 2.78. The Balaban J connectivity index is 2.01. The van der Waals surface area contributed by atoms with Crippen LogP contribution in [-0.2, 0) is 26.2 Å². The second-order valence-electron chi connectivity index (χ2n) is 9.33. The molecule has 2 amide bonds. The van der Waals surface area contributed by atoms with E-state index >= 15 is 0 Å². The van der Waals surface area contributed by atoms with E-state index in [0.29, 0.717) is 18.9 Å². The van der Waals surface area contributed by atoms with E-state index < -0.39 is 46.1 Å². The van der Waals surface area contributed by atoms with Crippen LogP contribution in [0.1, 0.15) is 39.2 Å². The minimum absolute atomic E-state index is 0.150. The average molecular weight is 588 g/mol. The van der Waals surface area contributed by atoms with E-state index in [2.05, 4.69) is 5.32 Å². The third-order valence-electron chi connectivity index (χ3n) is 6.41. The molecule has 0 aliphatic rings. The molecule has 0 radical (unpaired) electrons. The first-order valence-electron chi connectivity index (χ1n) is 13.4. The molecule has 220 valence electrons. The Morgan fingerprint density at radius 2 is 1.61 bits per heavy atom. The van der Waals surface area contributed by atoms with E-state index in [1.807, 2.05) is 13.8 Å². The third-order valence-corrected chi connectivity index (χ3v) is 8.20. The first-order valence-corrected chi connectivity index (χ1v) is 14.8. The highest BCUT2D eigenvalue weighted by Gasteiger charge is 2.33. The van der Waals surface area contributed by atoms with Crippen molar-refractivity contribution in [3.05, 3.63) is 90.0 Å². The molecule has 1 N–H and O–H groups in total. The first kappa shape index (κ1) is 31.5. The minimum Gasteiger partial charge on any atom is -0.494 e. The van der Waals surface area contributed by atoms with Crippen LogP contribution in [0.3, 0.4) is 0 Å². The van der Waals surface area contributed by atoms with E-state index in [4.69, 9.17) is 4.74 Å². The first-order chi connectivity index (χ1) is 19.6. The van der Waals surface area contributed by atoms with Crippen molar-refractivity contribution in [1.29, 1.82) is 0 Å². The number of ether oxygens (including phenoxy) is 1. The molecule has 3 aromatic rings. The summed E-state index contributed by atoms with van der Waals surface area (Å²) in [4.78, 5) is 27.7. The summed E-state index contributed by atoms with van der Waals surface area (Å²) in [5.41, 5.74) is 0.320. The topological polar surface area (TPSA) is 96.0 Å². The van der Waals surface area contributed by atoms with Crippen LogP contribution in [-0.4, -0.2) is 50.9 Å². The monoisotopic (exact) mass is 587 g/mol. The number of nitrogens with zero attached hydrogens (tertiary/aromatic N) is 2. The average Bonchev–Trinajstić information content (AvgIpc) is 2.96. The summed E-state index contributed by atoms with van der Waals surface area (Å²) in [6.45, 7) is 5.13. The number of carbonyl (C=O) groups is 2. The molecule has 8 nitrogen and oxygen atoms in total. The number of unbranched alkanes of at least 4 members (excludes halogenated alkanes) is 1. The Morgan fingerprint density at radius 1 is 0.951 bits per heavy atom. The van der Waals surface area contributed by atoms with Crippen LogP contribution in [0, 0.1) is 11.6 Å². The number of amides is 2. The fourth-order valence-corrected chi connectivity index (χ4v) is 5.48. The Labute approximate surface area is 240 Å². The number of hydrogen-bond acceptors (Lipinski definition) is 5. The highest BCUT2D eigenvalue weighted by Crippen LogP contribution is 2.27. The van der Waals surface area contributed by atoms with Crippen molar-refractivity contribution in [3.8, 4) is 5.75 Å². The fourth-order valence-electron chi connectivity index (χ4n) is 4.07. The Hall–Kier alpha value is -3.99. The predicted molar refractivity (Wildman–Crippen MR) is 153 cm³/mol. The molecule has 1 atom stereocenters. The van der Waals surface area contributed by atoms with Gasteiger partial charge >= 0.3 is 0 Å². The number of sulfonamides is 1. The molecule has 0 unspecified atom stereocenters. The fraction of sp³-hybridized carbons (Fsp3) is 0.333. The quantitative estimate of drug-likeness (QED) is 0.271. The molecule has 11 heteroatoms. The third kappa shape index (κ3) is 8.26. The lowest BCUT2D eigenvalue weighted by atomic mass is 10.1. The largest absolute Gasteiger partial charge is 0.494 e. The SMILES string of the molecule is CCCCNC(=O)[C@H](C)N(Cc1ccccc1F)C(=O)CN(c1ccc(OCC)cc1)S(=O)(=O)c1ccc(F)cc1. The molecule has 0 aliphatic heterocycles. The van der Waals surface area contributed by atoms with Gasteiger partial charge in [-0.25, -0.2) is 17.2 Å². The van der Waals surface area contributed by atoms with Gasteiger partial charge in [-0.15, -0.1) is 0 Å². The van der Waals surface area contributed by atoms with Gasteiger partial charge in [-0.05, 0) is 74.9 Å². The zero-order valence-electron chi connectivity index (χ0n) is 23.3. The van der Waals surface area contributed by atoms with Crippen molar-refractivity contribution in [2.45, 2.75) is 51.1 Å². The molecule has 3 rings (SSSR count). The van der Waals surface area contributed by atoms with E-state index in [1.54, 1.807) is 18.2 Å². The summed E-state index contributed by atoms with van der Waals surface area (Å²) in [6, 6.07) is 15.2. The summed E-state index contributed by atoms with van der Waals surface area (Å²) < 4.78 is 62.1. The highest BCUT2D eigenvalue weighted by molar-refractivity contribution is 7.92. The summed E-state index contributed by atoms with van der Waals surface area (Å²) in [7, 11) is -4.37. The number of carbonyl (C=O) groups excluding carboxylic acids is 2. The smallest absolute Gasteiger partial charge is 0.264 e. The summed E-state index contributed by atoms with van der Waals surface area (Å²) >= 11 is 0. The van der Waals surface area contributed by atoms with Gasteiger partial charge in [0.1, 0.15) is 30.0 Å². The maximum atomic E-state index is 14.6. The Bertz CT molecular complexity index is 1420. The zero-order valence-corrected chi connectivity index (χ0v) is 24.2. The van der Waals surface area contributed by atoms with Crippen molar-refractivity contribution >= 4 is 27.5 Å². The minimum atomic E-state index is -4.37. The maximum Gasteiger partial charge on any atom is 0.264 e. The van der Waals surface area contributed by atoms with Gasteiger partial charge in [0.15, 0.2) is 0 Å². The lowest BCUT2D eigenvalue weighted by Gasteiger charge is -2.32. The number of halogens is 2. The van der Waals surface area contributed by atoms with E-state index in [9.17, 15) is 26.8 Å². The van der Waals surface area contributed by atoms with Crippen molar-refractivity contribution in [2.24, 2.45) is 0 Å². The number of benzene rings is 3. The van der Waals surface area contributed by atoms with Gasteiger partial charge in [0.05, 0.1) is 17.2 Å². The van der Waals surface area contributed by atoms with Gasteiger partial charge in [0.2, 0.25) is 11.8 Å². The zero-order chi connectivity index (χ0) is 30.0. The van der Waals surface area contributed by atoms with Crippen LogP contribution in [0.4, 0.5) is 14.5 Å². The molecule has 0 fully saturated rings. The van der Waals surface area contributed by atoms with E-state index in [1.165, 1.54) is 37.3 Å².